The number of nitrogens with one attached hydrogen (secondary N) is 1. The molecule has 28 heavy (non-hydrogen) atoms. The van der Waals surface area contributed by atoms with Crippen molar-refractivity contribution in [3.8, 4) is 0 Å². The number of esters is 1. The van der Waals surface area contributed by atoms with Gasteiger partial charge in [-0.15, -0.1) is 0 Å². The van der Waals surface area contributed by atoms with E-state index in [-0.39, 0.29) is 17.9 Å². The first-order valence-electron chi connectivity index (χ1n) is 9.73. The number of amides is 1. The summed E-state index contributed by atoms with van der Waals surface area (Å²) in [6.45, 7) is 4.74. The quantitative estimate of drug-likeness (QED) is 0.828. The second kappa shape index (κ2) is 7.73. The highest BCUT2D eigenvalue weighted by Crippen LogP contribution is 2.39. The zero-order valence-electron chi connectivity index (χ0n) is 16.2. The lowest BCUT2D eigenvalue weighted by molar-refractivity contribution is -0.174. The first-order chi connectivity index (χ1) is 13.6. The molecule has 2 heterocycles. The Hall–Kier alpha value is -2.70. The lowest BCUT2D eigenvalue weighted by Gasteiger charge is -2.48. The van der Waals surface area contributed by atoms with E-state index in [4.69, 9.17) is 4.74 Å². The van der Waals surface area contributed by atoms with E-state index >= 15 is 0 Å². The van der Waals surface area contributed by atoms with E-state index in [0.717, 1.165) is 16.7 Å². The molecule has 2 aromatic carbocycles. The van der Waals surface area contributed by atoms with Crippen molar-refractivity contribution in [3.63, 3.8) is 0 Å². The minimum atomic E-state index is -0.574. The molecule has 2 fully saturated rings. The zero-order valence-corrected chi connectivity index (χ0v) is 16.2. The van der Waals surface area contributed by atoms with Gasteiger partial charge < -0.3 is 4.74 Å². The Morgan fingerprint density at radius 2 is 1.82 bits per heavy atom. The van der Waals surface area contributed by atoms with Crippen molar-refractivity contribution >= 4 is 11.9 Å². The van der Waals surface area contributed by atoms with Crippen LogP contribution in [0.2, 0.25) is 0 Å². The number of ether oxygens (including phenoxy) is 1. The van der Waals surface area contributed by atoms with Gasteiger partial charge in [0.2, 0.25) is 5.91 Å². The third-order valence-electron chi connectivity index (χ3n) is 5.38. The van der Waals surface area contributed by atoms with Gasteiger partial charge in [-0.3, -0.25) is 19.9 Å². The van der Waals surface area contributed by atoms with Crippen LogP contribution < -0.4 is 5.32 Å². The van der Waals surface area contributed by atoms with Crippen LogP contribution >= 0.6 is 0 Å². The Morgan fingerprint density at radius 3 is 2.50 bits per heavy atom. The number of carbonyl (C=O) groups excluding carboxylic acids is 2. The van der Waals surface area contributed by atoms with Crippen LogP contribution in [-0.4, -0.2) is 41.1 Å². The summed E-state index contributed by atoms with van der Waals surface area (Å²) in [6, 6.07) is 17.0. The molecule has 2 aliphatic rings. The number of aryl methyl sites for hydroxylation is 1. The summed E-state index contributed by atoms with van der Waals surface area (Å²) in [7, 11) is 0. The van der Waals surface area contributed by atoms with Crippen molar-refractivity contribution in [1.82, 2.24) is 15.3 Å². The summed E-state index contributed by atoms with van der Waals surface area (Å²) in [5.74, 6) is -0.242. The normalized spacial score (nSPS) is 24.9. The first-order valence-corrected chi connectivity index (χ1v) is 9.73. The molecule has 2 aromatic rings. The van der Waals surface area contributed by atoms with Gasteiger partial charge in [0, 0.05) is 13.0 Å². The summed E-state index contributed by atoms with van der Waals surface area (Å²) in [6.07, 6.45) is 0.0374. The molecule has 3 atom stereocenters. The SMILES string of the molecule is CCOC(=O)C1NC(c2ccccc2)N2C(=O)CCN2C1c1ccc(C)cc1. The second-order valence-corrected chi connectivity index (χ2v) is 7.22. The van der Waals surface area contributed by atoms with Crippen LogP contribution in [0.4, 0.5) is 0 Å². The topological polar surface area (TPSA) is 61.9 Å². The third kappa shape index (κ3) is 3.30. The van der Waals surface area contributed by atoms with Gasteiger partial charge in [0.05, 0.1) is 12.6 Å². The second-order valence-electron chi connectivity index (χ2n) is 7.22. The molecule has 146 valence electrons. The minimum absolute atomic E-state index is 0.0563. The Balaban J connectivity index is 1.77. The summed E-state index contributed by atoms with van der Waals surface area (Å²) >= 11 is 0. The van der Waals surface area contributed by atoms with E-state index in [0.29, 0.717) is 19.6 Å². The van der Waals surface area contributed by atoms with Crippen molar-refractivity contribution in [2.24, 2.45) is 0 Å². The van der Waals surface area contributed by atoms with Crippen molar-refractivity contribution in [3.05, 3.63) is 71.3 Å². The lowest BCUT2D eigenvalue weighted by Crippen LogP contribution is -2.63. The van der Waals surface area contributed by atoms with Gasteiger partial charge in [-0.25, -0.2) is 5.01 Å². The highest BCUT2D eigenvalue weighted by molar-refractivity contribution is 5.81. The van der Waals surface area contributed by atoms with Gasteiger partial charge in [-0.05, 0) is 25.0 Å². The van der Waals surface area contributed by atoms with Crippen LogP contribution in [0.5, 0.6) is 0 Å². The van der Waals surface area contributed by atoms with E-state index in [1.54, 1.807) is 5.01 Å². The van der Waals surface area contributed by atoms with Gasteiger partial charge in [0.1, 0.15) is 12.2 Å². The summed E-state index contributed by atoms with van der Waals surface area (Å²) in [4.78, 5) is 25.6. The number of hydrogen-bond donors (Lipinski definition) is 1. The predicted molar refractivity (Wildman–Crippen MR) is 105 cm³/mol. The summed E-state index contributed by atoms with van der Waals surface area (Å²) in [5, 5.41) is 7.21. The van der Waals surface area contributed by atoms with E-state index in [9.17, 15) is 9.59 Å². The van der Waals surface area contributed by atoms with Crippen molar-refractivity contribution in [2.75, 3.05) is 13.2 Å². The molecule has 0 spiro atoms. The molecule has 2 aliphatic heterocycles. The van der Waals surface area contributed by atoms with Gasteiger partial charge in [0.25, 0.3) is 0 Å². The molecule has 0 aromatic heterocycles. The Kier molecular flexibility index (Phi) is 5.15. The number of carbonyl (C=O) groups is 2. The molecule has 1 N–H and O–H groups in total. The first kappa shape index (κ1) is 18.7. The van der Waals surface area contributed by atoms with Crippen LogP contribution in [-0.2, 0) is 14.3 Å². The van der Waals surface area contributed by atoms with Gasteiger partial charge in [0.15, 0.2) is 0 Å². The smallest absolute Gasteiger partial charge is 0.325 e. The van der Waals surface area contributed by atoms with Gasteiger partial charge >= 0.3 is 5.97 Å². The van der Waals surface area contributed by atoms with E-state index in [1.807, 2.05) is 73.5 Å². The number of nitrogens with zero attached hydrogens (tertiary/aromatic N) is 2. The maximum Gasteiger partial charge on any atom is 0.325 e. The van der Waals surface area contributed by atoms with Crippen LogP contribution in [0.3, 0.4) is 0 Å². The molecule has 0 aliphatic carbocycles. The van der Waals surface area contributed by atoms with Crippen molar-refractivity contribution < 1.29 is 14.3 Å². The highest BCUT2D eigenvalue weighted by Gasteiger charge is 2.50. The molecule has 0 bridgehead atoms. The maximum atomic E-state index is 12.9. The monoisotopic (exact) mass is 379 g/mol. The average molecular weight is 379 g/mol. The van der Waals surface area contributed by atoms with Crippen LogP contribution in [0.1, 0.15) is 42.2 Å². The molecule has 1 amide bonds. The van der Waals surface area contributed by atoms with Crippen LogP contribution in [0.25, 0.3) is 0 Å². The van der Waals surface area contributed by atoms with E-state index < -0.39 is 12.2 Å². The van der Waals surface area contributed by atoms with Crippen LogP contribution in [0.15, 0.2) is 54.6 Å². The molecule has 2 saturated heterocycles. The zero-order chi connectivity index (χ0) is 19.7. The molecule has 6 nitrogen and oxygen atoms in total. The fourth-order valence-electron chi connectivity index (χ4n) is 4.07. The fraction of sp³-hybridized carbons (Fsp3) is 0.364. The summed E-state index contributed by atoms with van der Waals surface area (Å²) < 4.78 is 5.38. The van der Waals surface area contributed by atoms with Crippen LogP contribution in [0, 0.1) is 6.92 Å². The minimum Gasteiger partial charge on any atom is -0.465 e. The molecule has 0 radical (unpaired) electrons. The average Bonchev–Trinajstić information content (AvgIpc) is 3.10. The van der Waals surface area contributed by atoms with Crippen molar-refractivity contribution in [1.29, 1.82) is 0 Å². The molecule has 0 saturated carbocycles. The lowest BCUT2D eigenvalue weighted by atomic mass is 9.95. The van der Waals surface area contributed by atoms with Gasteiger partial charge in [-0.1, -0.05) is 60.2 Å². The third-order valence-corrected chi connectivity index (χ3v) is 5.38. The van der Waals surface area contributed by atoms with Gasteiger partial charge in [-0.2, -0.15) is 0 Å². The highest BCUT2D eigenvalue weighted by atomic mass is 16.5. The van der Waals surface area contributed by atoms with Crippen molar-refractivity contribution in [2.45, 2.75) is 38.5 Å². The number of fused-ring (bicyclic) bond motifs is 1. The largest absolute Gasteiger partial charge is 0.465 e. The molecular formula is C22H25N3O3. The number of benzene rings is 2. The fourth-order valence-corrected chi connectivity index (χ4v) is 4.07. The molecule has 4 rings (SSSR count). The Bertz CT molecular complexity index is 853. The Morgan fingerprint density at radius 1 is 1.11 bits per heavy atom. The molecule has 6 heteroatoms. The predicted octanol–water partition coefficient (Wildman–Crippen LogP) is 2.72. The summed E-state index contributed by atoms with van der Waals surface area (Å²) in [5.41, 5.74) is 3.08. The number of hydrogen-bond acceptors (Lipinski definition) is 5. The number of hydrazine groups is 1. The van der Waals surface area contributed by atoms with E-state index in [1.165, 1.54) is 0 Å². The number of rotatable bonds is 4. The Labute approximate surface area is 165 Å². The van der Waals surface area contributed by atoms with E-state index in [2.05, 4.69) is 5.32 Å². The standard InChI is InChI=1S/C22H25N3O3/c1-3-28-22(27)19-20(16-11-9-15(2)10-12-16)24-14-13-18(26)25(24)21(23-19)17-7-5-4-6-8-17/h4-12,19-21,23H,3,13-14H2,1-2H3. The molecule has 3 unspecified atom stereocenters. The maximum absolute atomic E-state index is 12.9. The molecular weight excluding hydrogens is 354 g/mol.